The minimum atomic E-state index is -5.81. The summed E-state index contributed by atoms with van der Waals surface area (Å²) in [6, 6.07) is 6.81. The summed E-state index contributed by atoms with van der Waals surface area (Å²) in [7, 11) is 0. The van der Waals surface area contributed by atoms with Crippen LogP contribution < -0.4 is 0 Å². The molecular weight excluding hydrogens is 504 g/mol. The average Bonchev–Trinajstić information content (AvgIpc) is 3.21. The fraction of sp³-hybridized carbons (Fsp3) is 0.227. The Morgan fingerprint density at radius 2 is 1.57 bits per heavy atom. The minimum absolute atomic E-state index is 0.185. The Balaban J connectivity index is 1.73. The SMILES string of the molecule is CCSc1cc(-c2ccc(C(F)(F)F)cc2)cnc1-c1cn2cnc(C(F)(F)C(F)(F)F)cc2n1. The molecule has 1 aromatic carbocycles. The zero-order chi connectivity index (χ0) is 25.6. The van der Waals surface area contributed by atoms with E-state index in [-0.39, 0.29) is 11.3 Å². The van der Waals surface area contributed by atoms with Crippen molar-refractivity contribution in [1.29, 1.82) is 0 Å². The van der Waals surface area contributed by atoms with E-state index in [1.807, 2.05) is 6.92 Å². The second kappa shape index (κ2) is 8.77. The summed E-state index contributed by atoms with van der Waals surface area (Å²) in [5.74, 6) is -4.55. The molecule has 0 spiro atoms. The van der Waals surface area contributed by atoms with Gasteiger partial charge in [0.05, 0.1) is 5.56 Å². The van der Waals surface area contributed by atoms with Gasteiger partial charge in [0.15, 0.2) is 0 Å². The van der Waals surface area contributed by atoms with E-state index < -0.39 is 29.5 Å². The smallest absolute Gasteiger partial charge is 0.290 e. The highest BCUT2D eigenvalue weighted by molar-refractivity contribution is 7.99. The molecular formula is C22H14F8N4S. The zero-order valence-electron chi connectivity index (χ0n) is 17.6. The van der Waals surface area contributed by atoms with E-state index in [0.29, 0.717) is 33.5 Å². The van der Waals surface area contributed by atoms with E-state index in [1.165, 1.54) is 40.7 Å². The van der Waals surface area contributed by atoms with E-state index >= 15 is 0 Å². The summed E-state index contributed by atoms with van der Waals surface area (Å²) in [6.45, 7) is 1.86. The van der Waals surface area contributed by atoms with Crippen LogP contribution in [-0.2, 0) is 12.1 Å². The summed E-state index contributed by atoms with van der Waals surface area (Å²) in [4.78, 5) is 12.3. The normalized spacial score (nSPS) is 12.9. The summed E-state index contributed by atoms with van der Waals surface area (Å²) in [5, 5.41) is 0. The van der Waals surface area contributed by atoms with Gasteiger partial charge in [0, 0.05) is 28.9 Å². The standard InChI is InChI=1S/C22H14F8N4S/c1-2-35-16-7-13(12-3-5-14(6-4-12)21(25,26)27)9-31-19(16)15-10-34-11-32-17(8-18(34)33-15)20(23,24)22(28,29)30/h3-11H,2H2,1H3. The molecule has 0 fully saturated rings. The molecule has 13 heteroatoms. The lowest BCUT2D eigenvalue weighted by molar-refractivity contribution is -0.290. The van der Waals surface area contributed by atoms with Crippen LogP contribution in [0.3, 0.4) is 0 Å². The van der Waals surface area contributed by atoms with Gasteiger partial charge >= 0.3 is 18.3 Å². The molecule has 35 heavy (non-hydrogen) atoms. The Labute approximate surface area is 197 Å². The first kappa shape index (κ1) is 24.9. The molecule has 0 bridgehead atoms. The van der Waals surface area contributed by atoms with Crippen molar-refractivity contribution in [1.82, 2.24) is 19.4 Å². The fourth-order valence-corrected chi connectivity index (χ4v) is 4.05. The Morgan fingerprint density at radius 3 is 2.17 bits per heavy atom. The number of hydrogen-bond donors (Lipinski definition) is 0. The van der Waals surface area contributed by atoms with Crippen molar-refractivity contribution in [3.8, 4) is 22.5 Å². The van der Waals surface area contributed by atoms with Crippen LogP contribution in [0.5, 0.6) is 0 Å². The number of benzene rings is 1. The number of nitrogens with zero attached hydrogens (tertiary/aromatic N) is 4. The number of rotatable bonds is 5. The van der Waals surface area contributed by atoms with E-state index in [0.717, 1.165) is 18.5 Å². The molecule has 4 aromatic rings. The third-order valence-corrected chi connectivity index (χ3v) is 5.88. The number of fused-ring (bicyclic) bond motifs is 1. The van der Waals surface area contributed by atoms with Gasteiger partial charge in [0.2, 0.25) is 0 Å². The molecule has 4 nitrogen and oxygen atoms in total. The van der Waals surface area contributed by atoms with Gasteiger partial charge in [-0.2, -0.15) is 35.1 Å². The maximum Gasteiger partial charge on any atom is 0.459 e. The topological polar surface area (TPSA) is 43.1 Å². The van der Waals surface area contributed by atoms with Gasteiger partial charge in [-0.05, 0) is 29.5 Å². The Hall–Kier alpha value is -3.22. The number of aromatic nitrogens is 4. The molecule has 0 amide bonds. The van der Waals surface area contributed by atoms with Crippen LogP contribution in [0.15, 0.2) is 60.0 Å². The summed E-state index contributed by atoms with van der Waals surface area (Å²) in [6.07, 6.45) is -6.66. The van der Waals surface area contributed by atoms with Crippen molar-refractivity contribution in [3.05, 3.63) is 66.4 Å². The largest absolute Gasteiger partial charge is 0.459 e. The van der Waals surface area contributed by atoms with Gasteiger partial charge in [-0.3, -0.25) is 9.38 Å². The number of pyridine rings is 1. The molecule has 3 aromatic heterocycles. The summed E-state index contributed by atoms with van der Waals surface area (Å²) >= 11 is 1.36. The average molecular weight is 518 g/mol. The molecule has 4 rings (SSSR count). The molecule has 0 aliphatic carbocycles. The van der Waals surface area contributed by atoms with Gasteiger partial charge in [-0.25, -0.2) is 9.97 Å². The van der Waals surface area contributed by atoms with Crippen molar-refractivity contribution in [3.63, 3.8) is 0 Å². The van der Waals surface area contributed by atoms with Crippen molar-refractivity contribution >= 4 is 17.4 Å². The van der Waals surface area contributed by atoms with E-state index in [2.05, 4.69) is 15.0 Å². The van der Waals surface area contributed by atoms with Crippen LogP contribution in [0, 0.1) is 0 Å². The fourth-order valence-electron chi connectivity index (χ4n) is 3.23. The van der Waals surface area contributed by atoms with E-state index in [1.54, 1.807) is 6.07 Å². The number of halogens is 8. The molecule has 0 radical (unpaired) electrons. The zero-order valence-corrected chi connectivity index (χ0v) is 18.4. The molecule has 3 heterocycles. The molecule has 0 aliphatic rings. The van der Waals surface area contributed by atoms with Crippen LogP contribution in [0.1, 0.15) is 18.2 Å². The number of thioether (sulfide) groups is 1. The predicted octanol–water partition coefficient (Wildman–Crippen LogP) is 7.24. The van der Waals surface area contributed by atoms with Crippen molar-refractivity contribution < 1.29 is 35.1 Å². The lowest BCUT2D eigenvalue weighted by atomic mass is 10.0. The molecule has 184 valence electrons. The molecule has 0 N–H and O–H groups in total. The minimum Gasteiger partial charge on any atom is -0.290 e. The van der Waals surface area contributed by atoms with Gasteiger partial charge in [0.25, 0.3) is 0 Å². The maximum absolute atomic E-state index is 13.7. The Morgan fingerprint density at radius 1 is 0.886 bits per heavy atom. The van der Waals surface area contributed by atoms with Crippen molar-refractivity contribution in [2.45, 2.75) is 30.1 Å². The lowest BCUT2D eigenvalue weighted by Crippen LogP contribution is -2.34. The Kier molecular flexibility index (Phi) is 6.24. The second-order valence-corrected chi connectivity index (χ2v) is 8.62. The lowest BCUT2D eigenvalue weighted by Gasteiger charge is -2.18. The van der Waals surface area contributed by atoms with Gasteiger partial charge < -0.3 is 0 Å². The Bertz CT molecular complexity index is 1360. The van der Waals surface area contributed by atoms with Crippen molar-refractivity contribution in [2.24, 2.45) is 0 Å². The highest BCUT2D eigenvalue weighted by Gasteiger charge is 2.60. The third-order valence-electron chi connectivity index (χ3n) is 4.97. The quantitative estimate of drug-likeness (QED) is 0.206. The molecule has 0 saturated heterocycles. The highest BCUT2D eigenvalue weighted by Crippen LogP contribution is 2.43. The molecule has 0 aliphatic heterocycles. The molecule has 0 atom stereocenters. The van der Waals surface area contributed by atoms with Crippen LogP contribution in [0.25, 0.3) is 28.2 Å². The summed E-state index contributed by atoms with van der Waals surface area (Å²) < 4.78 is 105. The van der Waals surface area contributed by atoms with Gasteiger partial charge in [-0.15, -0.1) is 11.8 Å². The predicted molar refractivity (Wildman–Crippen MR) is 113 cm³/mol. The molecule has 0 saturated carbocycles. The first-order chi connectivity index (χ1) is 16.3. The molecule has 0 unspecified atom stereocenters. The van der Waals surface area contributed by atoms with Crippen LogP contribution in [0.2, 0.25) is 0 Å². The first-order valence-electron chi connectivity index (χ1n) is 9.92. The van der Waals surface area contributed by atoms with E-state index in [4.69, 9.17) is 0 Å². The maximum atomic E-state index is 13.7. The van der Waals surface area contributed by atoms with Crippen LogP contribution in [-0.4, -0.2) is 31.3 Å². The van der Waals surface area contributed by atoms with Crippen LogP contribution >= 0.6 is 11.8 Å². The second-order valence-electron chi connectivity index (χ2n) is 7.32. The first-order valence-corrected chi connectivity index (χ1v) is 10.9. The monoisotopic (exact) mass is 518 g/mol. The highest BCUT2D eigenvalue weighted by atomic mass is 32.2. The van der Waals surface area contributed by atoms with Crippen molar-refractivity contribution in [2.75, 3.05) is 5.75 Å². The summed E-state index contributed by atoms with van der Waals surface area (Å²) in [5.41, 5.74) is -0.889. The number of hydrogen-bond acceptors (Lipinski definition) is 4. The van der Waals surface area contributed by atoms with Gasteiger partial charge in [-0.1, -0.05) is 19.1 Å². The van der Waals surface area contributed by atoms with E-state index in [9.17, 15) is 35.1 Å². The number of alkyl halides is 8. The van der Waals surface area contributed by atoms with Crippen LogP contribution in [0.4, 0.5) is 35.1 Å². The third kappa shape index (κ3) is 4.81. The number of imidazole rings is 1. The van der Waals surface area contributed by atoms with Gasteiger partial charge in [0.1, 0.15) is 29.1 Å².